The Morgan fingerprint density at radius 2 is 2.00 bits per heavy atom. The lowest BCUT2D eigenvalue weighted by Gasteiger charge is -2.14. The van der Waals surface area contributed by atoms with Gasteiger partial charge in [-0.2, -0.15) is 0 Å². The van der Waals surface area contributed by atoms with Gasteiger partial charge < -0.3 is 19.2 Å². The Hall–Kier alpha value is -2.43. The smallest absolute Gasteiger partial charge is 0.258 e. The number of hydrogen-bond acceptors (Lipinski definition) is 4. The number of rotatable bonds is 7. The summed E-state index contributed by atoms with van der Waals surface area (Å²) in [6.45, 7) is 1.87. The Morgan fingerprint density at radius 3 is 2.67 bits per heavy atom. The van der Waals surface area contributed by atoms with E-state index >= 15 is 0 Å². The summed E-state index contributed by atoms with van der Waals surface area (Å²) >= 11 is 0. The maximum Gasteiger partial charge on any atom is 0.258 e. The highest BCUT2D eigenvalue weighted by Gasteiger charge is 2.11. The van der Waals surface area contributed by atoms with Crippen LogP contribution >= 0.6 is 0 Å². The van der Waals surface area contributed by atoms with Crippen molar-refractivity contribution in [3.63, 3.8) is 0 Å². The number of benzene rings is 1. The molecule has 0 radical (unpaired) electrons. The monoisotopic (exact) mass is 289 g/mol. The average Bonchev–Trinajstić information content (AvgIpc) is 2.98. The minimum absolute atomic E-state index is 0.0232. The molecule has 1 heterocycles. The standard InChI is InChI=1S/C16H19NO4/c1-12(10-13-6-5-9-20-13)17-16(18)11-21-15-8-4-3-7-14(15)19-2/h3-9,12H,10-11H2,1-2H3,(H,17,18)/t12-/m1/s1. The van der Waals surface area contributed by atoms with E-state index in [1.54, 1.807) is 25.5 Å². The van der Waals surface area contributed by atoms with Gasteiger partial charge in [0, 0.05) is 12.5 Å². The zero-order chi connectivity index (χ0) is 15.1. The summed E-state index contributed by atoms with van der Waals surface area (Å²) in [5.41, 5.74) is 0. The Kier molecular flexibility index (Phi) is 5.26. The molecular formula is C16H19NO4. The first-order valence-electron chi connectivity index (χ1n) is 6.76. The van der Waals surface area contributed by atoms with Crippen LogP contribution in [0.15, 0.2) is 47.1 Å². The second-order valence-electron chi connectivity index (χ2n) is 4.69. The SMILES string of the molecule is COc1ccccc1OCC(=O)N[C@H](C)Cc1ccco1. The molecule has 1 amide bonds. The summed E-state index contributed by atoms with van der Waals surface area (Å²) in [6.07, 6.45) is 2.27. The van der Waals surface area contributed by atoms with E-state index in [0.29, 0.717) is 17.9 Å². The maximum atomic E-state index is 11.8. The van der Waals surface area contributed by atoms with Gasteiger partial charge in [-0.25, -0.2) is 0 Å². The Morgan fingerprint density at radius 1 is 1.24 bits per heavy atom. The highest BCUT2D eigenvalue weighted by molar-refractivity contribution is 5.77. The van der Waals surface area contributed by atoms with Gasteiger partial charge in [0.25, 0.3) is 5.91 Å². The molecule has 0 spiro atoms. The highest BCUT2D eigenvalue weighted by atomic mass is 16.5. The zero-order valence-electron chi connectivity index (χ0n) is 12.2. The largest absolute Gasteiger partial charge is 0.493 e. The van der Waals surface area contributed by atoms with Crippen molar-refractivity contribution in [1.29, 1.82) is 0 Å². The van der Waals surface area contributed by atoms with E-state index in [1.165, 1.54) is 0 Å². The highest BCUT2D eigenvalue weighted by Crippen LogP contribution is 2.25. The van der Waals surface area contributed by atoms with Gasteiger partial charge in [0.15, 0.2) is 18.1 Å². The molecule has 5 nitrogen and oxygen atoms in total. The Labute approximate surface area is 123 Å². The van der Waals surface area contributed by atoms with Crippen molar-refractivity contribution < 1.29 is 18.7 Å². The number of methoxy groups -OCH3 is 1. The fourth-order valence-electron chi connectivity index (χ4n) is 1.98. The molecule has 1 atom stereocenters. The first kappa shape index (κ1) is 15.0. The summed E-state index contributed by atoms with van der Waals surface area (Å²) < 4.78 is 15.9. The minimum atomic E-state index is -0.181. The molecule has 21 heavy (non-hydrogen) atoms. The van der Waals surface area contributed by atoms with Crippen molar-refractivity contribution in [1.82, 2.24) is 5.32 Å². The summed E-state index contributed by atoms with van der Waals surface area (Å²) in [4.78, 5) is 11.8. The summed E-state index contributed by atoms with van der Waals surface area (Å²) in [5, 5.41) is 2.86. The van der Waals surface area contributed by atoms with Gasteiger partial charge in [0.2, 0.25) is 0 Å². The molecule has 0 unspecified atom stereocenters. The number of hydrogen-bond donors (Lipinski definition) is 1. The van der Waals surface area contributed by atoms with Crippen LogP contribution in [0, 0.1) is 0 Å². The van der Waals surface area contributed by atoms with Crippen LogP contribution in [0.3, 0.4) is 0 Å². The van der Waals surface area contributed by atoms with E-state index in [9.17, 15) is 4.79 Å². The normalized spacial score (nSPS) is 11.7. The molecule has 2 rings (SSSR count). The molecule has 1 aromatic carbocycles. The fourth-order valence-corrected chi connectivity index (χ4v) is 1.98. The van der Waals surface area contributed by atoms with Crippen molar-refractivity contribution in [3.8, 4) is 11.5 Å². The van der Waals surface area contributed by atoms with Crippen LogP contribution in [0.25, 0.3) is 0 Å². The van der Waals surface area contributed by atoms with E-state index in [2.05, 4.69) is 5.32 Å². The third-order valence-corrected chi connectivity index (χ3v) is 2.92. The van der Waals surface area contributed by atoms with Crippen molar-refractivity contribution in [2.45, 2.75) is 19.4 Å². The average molecular weight is 289 g/mol. The molecule has 0 bridgehead atoms. The van der Waals surface area contributed by atoms with E-state index in [0.717, 1.165) is 5.76 Å². The third-order valence-electron chi connectivity index (χ3n) is 2.92. The number of carbonyl (C=O) groups is 1. The van der Waals surface area contributed by atoms with Crippen LogP contribution in [-0.4, -0.2) is 25.7 Å². The van der Waals surface area contributed by atoms with Crippen LogP contribution in [0.1, 0.15) is 12.7 Å². The van der Waals surface area contributed by atoms with Gasteiger partial charge in [-0.05, 0) is 31.2 Å². The predicted molar refractivity (Wildman–Crippen MR) is 78.5 cm³/mol. The van der Waals surface area contributed by atoms with Crippen molar-refractivity contribution in [2.24, 2.45) is 0 Å². The van der Waals surface area contributed by atoms with E-state index in [-0.39, 0.29) is 18.6 Å². The van der Waals surface area contributed by atoms with Crippen LogP contribution < -0.4 is 14.8 Å². The van der Waals surface area contributed by atoms with E-state index < -0.39 is 0 Å². The van der Waals surface area contributed by atoms with Crippen LogP contribution in [-0.2, 0) is 11.2 Å². The summed E-state index contributed by atoms with van der Waals surface area (Å²) in [5.74, 6) is 1.82. The predicted octanol–water partition coefficient (Wildman–Crippen LogP) is 2.41. The zero-order valence-corrected chi connectivity index (χ0v) is 12.2. The minimum Gasteiger partial charge on any atom is -0.493 e. The Bertz CT molecular complexity index is 565. The van der Waals surface area contributed by atoms with Crippen LogP contribution in [0.5, 0.6) is 11.5 Å². The number of nitrogens with one attached hydrogen (secondary N) is 1. The first-order chi connectivity index (χ1) is 10.2. The van der Waals surface area contributed by atoms with Crippen LogP contribution in [0.2, 0.25) is 0 Å². The van der Waals surface area contributed by atoms with Crippen LogP contribution in [0.4, 0.5) is 0 Å². The second-order valence-corrected chi connectivity index (χ2v) is 4.69. The van der Waals surface area contributed by atoms with Gasteiger partial charge in [0.1, 0.15) is 5.76 Å². The number of ether oxygens (including phenoxy) is 2. The van der Waals surface area contributed by atoms with Gasteiger partial charge in [-0.15, -0.1) is 0 Å². The van der Waals surface area contributed by atoms with E-state index in [4.69, 9.17) is 13.9 Å². The topological polar surface area (TPSA) is 60.7 Å². The molecule has 1 aromatic heterocycles. The quantitative estimate of drug-likeness (QED) is 0.850. The number of amides is 1. The lowest BCUT2D eigenvalue weighted by molar-refractivity contribution is -0.123. The number of furan rings is 1. The molecule has 0 aliphatic rings. The van der Waals surface area contributed by atoms with Crippen molar-refractivity contribution in [3.05, 3.63) is 48.4 Å². The summed E-state index contributed by atoms with van der Waals surface area (Å²) in [7, 11) is 1.56. The molecule has 2 aromatic rings. The molecule has 112 valence electrons. The molecule has 0 saturated carbocycles. The number of carbonyl (C=O) groups excluding carboxylic acids is 1. The molecule has 0 fully saturated rings. The molecule has 0 aliphatic heterocycles. The number of para-hydroxylation sites is 2. The van der Waals surface area contributed by atoms with Crippen molar-refractivity contribution >= 4 is 5.91 Å². The van der Waals surface area contributed by atoms with E-state index in [1.807, 2.05) is 31.2 Å². The Balaban J connectivity index is 1.79. The van der Waals surface area contributed by atoms with Gasteiger partial charge >= 0.3 is 0 Å². The molecule has 1 N–H and O–H groups in total. The van der Waals surface area contributed by atoms with Crippen molar-refractivity contribution in [2.75, 3.05) is 13.7 Å². The molecule has 0 aliphatic carbocycles. The lowest BCUT2D eigenvalue weighted by Crippen LogP contribution is -2.37. The van der Waals surface area contributed by atoms with Gasteiger partial charge in [0.05, 0.1) is 13.4 Å². The lowest BCUT2D eigenvalue weighted by atomic mass is 10.2. The molecular weight excluding hydrogens is 270 g/mol. The molecule has 5 heteroatoms. The molecule has 0 saturated heterocycles. The first-order valence-corrected chi connectivity index (χ1v) is 6.76. The second kappa shape index (κ2) is 7.38. The van der Waals surface area contributed by atoms with Gasteiger partial charge in [-0.3, -0.25) is 4.79 Å². The third kappa shape index (κ3) is 4.56. The van der Waals surface area contributed by atoms with Gasteiger partial charge in [-0.1, -0.05) is 12.1 Å². The fraction of sp³-hybridized carbons (Fsp3) is 0.312. The maximum absolute atomic E-state index is 11.8. The summed E-state index contributed by atoms with van der Waals surface area (Å²) in [6, 6.07) is 10.9.